The van der Waals surface area contributed by atoms with Crippen LogP contribution < -0.4 is 4.90 Å². The van der Waals surface area contributed by atoms with Crippen LogP contribution in [0.1, 0.15) is 25.5 Å². The van der Waals surface area contributed by atoms with E-state index in [1.54, 1.807) is 12.4 Å². The number of anilines is 1. The van der Waals surface area contributed by atoms with E-state index < -0.39 is 0 Å². The van der Waals surface area contributed by atoms with Gasteiger partial charge < -0.3 is 4.90 Å². The van der Waals surface area contributed by atoms with Gasteiger partial charge >= 0.3 is 0 Å². The highest BCUT2D eigenvalue weighted by molar-refractivity contribution is 5.96. The van der Waals surface area contributed by atoms with E-state index in [-0.39, 0.29) is 0 Å². The molecule has 1 aliphatic rings. The van der Waals surface area contributed by atoms with Crippen molar-refractivity contribution in [3.63, 3.8) is 0 Å². The summed E-state index contributed by atoms with van der Waals surface area (Å²) in [6.45, 7) is 2.99. The molecule has 5 heteroatoms. The summed E-state index contributed by atoms with van der Waals surface area (Å²) in [5.74, 6) is 0. The van der Waals surface area contributed by atoms with Crippen LogP contribution in [0.4, 0.5) is 5.69 Å². The van der Waals surface area contributed by atoms with Gasteiger partial charge in [0.15, 0.2) is 5.69 Å². The number of pyridine rings is 1. The van der Waals surface area contributed by atoms with Crippen LogP contribution in [0.2, 0.25) is 0 Å². The molecule has 3 aromatic rings. The van der Waals surface area contributed by atoms with Gasteiger partial charge in [0.1, 0.15) is 6.07 Å². The molecule has 4 rings (SSSR count). The Morgan fingerprint density at radius 2 is 1.92 bits per heavy atom. The highest BCUT2D eigenvalue weighted by atomic mass is 15.2. The zero-order valence-corrected chi connectivity index (χ0v) is 13.5. The predicted molar refractivity (Wildman–Crippen MR) is 93.5 cm³/mol. The maximum absolute atomic E-state index is 9.47. The fraction of sp³-hybridized carbons (Fsp3) is 0.263. The molecule has 0 saturated heterocycles. The lowest BCUT2D eigenvalue weighted by atomic mass is 10.0. The number of rotatable bonds is 4. The lowest BCUT2D eigenvalue weighted by Gasteiger charge is -2.24. The standard InChI is InChI=1S/C19H17N5/c1-2-24(15-4-5-15)19-16-6-3-14(13-7-9-21-10-8-13)11-17(16)22-23-18(19)12-20/h3,6-11,15H,2,4-5H2,1H3. The van der Waals surface area contributed by atoms with Gasteiger partial charge in [-0.25, -0.2) is 0 Å². The van der Waals surface area contributed by atoms with E-state index >= 15 is 0 Å². The molecule has 2 aromatic heterocycles. The molecule has 0 spiro atoms. The zero-order chi connectivity index (χ0) is 16.5. The molecule has 0 atom stereocenters. The third-order valence-electron chi connectivity index (χ3n) is 4.47. The van der Waals surface area contributed by atoms with Crippen molar-refractivity contribution >= 4 is 16.6 Å². The van der Waals surface area contributed by atoms with Gasteiger partial charge in [-0.15, -0.1) is 10.2 Å². The Labute approximate surface area is 140 Å². The van der Waals surface area contributed by atoms with Gasteiger partial charge in [-0.05, 0) is 55.2 Å². The molecular formula is C19H17N5. The highest BCUT2D eigenvalue weighted by Gasteiger charge is 2.31. The van der Waals surface area contributed by atoms with Crippen LogP contribution in [0.5, 0.6) is 0 Å². The number of nitrogens with zero attached hydrogens (tertiary/aromatic N) is 5. The van der Waals surface area contributed by atoms with E-state index in [9.17, 15) is 5.26 Å². The van der Waals surface area contributed by atoms with Crippen molar-refractivity contribution in [2.75, 3.05) is 11.4 Å². The fourth-order valence-electron chi connectivity index (χ4n) is 3.17. The molecule has 0 bridgehead atoms. The predicted octanol–water partition coefficient (Wildman–Crippen LogP) is 3.55. The third kappa shape index (κ3) is 2.46. The molecular weight excluding hydrogens is 298 g/mol. The first kappa shape index (κ1) is 14.6. The van der Waals surface area contributed by atoms with Crippen LogP contribution in [0.25, 0.3) is 22.0 Å². The van der Waals surface area contributed by atoms with E-state index in [0.717, 1.165) is 34.3 Å². The molecule has 0 N–H and O–H groups in total. The van der Waals surface area contributed by atoms with Crippen molar-refractivity contribution in [3.05, 3.63) is 48.4 Å². The minimum atomic E-state index is 0.410. The summed E-state index contributed by atoms with van der Waals surface area (Å²) in [5.41, 5.74) is 4.32. The summed E-state index contributed by atoms with van der Waals surface area (Å²) in [4.78, 5) is 6.35. The molecule has 0 amide bonds. The van der Waals surface area contributed by atoms with Crippen LogP contribution >= 0.6 is 0 Å². The SMILES string of the molecule is CCN(c1c(C#N)nnc2cc(-c3ccncc3)ccc12)C1CC1. The maximum Gasteiger partial charge on any atom is 0.187 e. The summed E-state index contributed by atoms with van der Waals surface area (Å²) >= 11 is 0. The average molecular weight is 315 g/mol. The number of aromatic nitrogens is 3. The molecule has 24 heavy (non-hydrogen) atoms. The fourth-order valence-corrected chi connectivity index (χ4v) is 3.17. The second kappa shape index (κ2) is 5.89. The molecule has 0 unspecified atom stereocenters. The van der Waals surface area contributed by atoms with E-state index in [1.165, 1.54) is 12.8 Å². The van der Waals surface area contributed by atoms with Gasteiger partial charge in [0.2, 0.25) is 0 Å². The quantitative estimate of drug-likeness (QED) is 0.736. The Hall–Kier alpha value is -3.00. The van der Waals surface area contributed by atoms with Crippen LogP contribution in [-0.2, 0) is 0 Å². The smallest absolute Gasteiger partial charge is 0.187 e. The highest BCUT2D eigenvalue weighted by Crippen LogP contribution is 2.37. The molecule has 1 fully saturated rings. The van der Waals surface area contributed by atoms with Gasteiger partial charge in [0.25, 0.3) is 0 Å². The molecule has 1 aromatic carbocycles. The Balaban J connectivity index is 1.89. The van der Waals surface area contributed by atoms with Crippen molar-refractivity contribution in [1.29, 1.82) is 5.26 Å². The lowest BCUT2D eigenvalue weighted by molar-refractivity contribution is 0.821. The number of benzene rings is 1. The second-order valence-corrected chi connectivity index (χ2v) is 5.99. The topological polar surface area (TPSA) is 65.7 Å². The Morgan fingerprint density at radius 3 is 2.58 bits per heavy atom. The van der Waals surface area contributed by atoms with Gasteiger partial charge in [0, 0.05) is 30.4 Å². The van der Waals surface area contributed by atoms with Gasteiger partial charge in [-0.2, -0.15) is 5.26 Å². The third-order valence-corrected chi connectivity index (χ3v) is 4.47. The van der Waals surface area contributed by atoms with Crippen molar-refractivity contribution in [2.45, 2.75) is 25.8 Å². The van der Waals surface area contributed by atoms with Crippen LogP contribution in [-0.4, -0.2) is 27.8 Å². The number of nitriles is 1. The van der Waals surface area contributed by atoms with Crippen molar-refractivity contribution < 1.29 is 0 Å². The van der Waals surface area contributed by atoms with E-state index in [1.807, 2.05) is 18.2 Å². The van der Waals surface area contributed by atoms with E-state index in [2.05, 4.69) is 45.2 Å². The Bertz CT molecular complexity index is 926. The van der Waals surface area contributed by atoms with Gasteiger partial charge in [0.05, 0.1) is 11.2 Å². The Kier molecular flexibility index (Phi) is 3.58. The molecule has 1 aliphatic carbocycles. The lowest BCUT2D eigenvalue weighted by Crippen LogP contribution is -2.26. The number of hydrogen-bond acceptors (Lipinski definition) is 5. The maximum atomic E-state index is 9.47. The van der Waals surface area contributed by atoms with Gasteiger partial charge in [-0.1, -0.05) is 6.07 Å². The zero-order valence-electron chi connectivity index (χ0n) is 13.5. The van der Waals surface area contributed by atoms with Crippen molar-refractivity contribution in [3.8, 4) is 17.2 Å². The average Bonchev–Trinajstić information content (AvgIpc) is 3.48. The van der Waals surface area contributed by atoms with Crippen molar-refractivity contribution in [2.24, 2.45) is 0 Å². The summed E-state index contributed by atoms with van der Waals surface area (Å²) in [6.07, 6.45) is 5.91. The molecule has 5 nitrogen and oxygen atoms in total. The number of hydrogen-bond donors (Lipinski definition) is 0. The summed E-state index contributed by atoms with van der Waals surface area (Å²) in [5, 5.41) is 18.9. The first-order valence-corrected chi connectivity index (χ1v) is 8.19. The summed E-state index contributed by atoms with van der Waals surface area (Å²) in [7, 11) is 0. The first-order valence-electron chi connectivity index (χ1n) is 8.19. The number of fused-ring (bicyclic) bond motifs is 1. The Morgan fingerprint density at radius 1 is 1.12 bits per heavy atom. The van der Waals surface area contributed by atoms with Gasteiger partial charge in [-0.3, -0.25) is 4.98 Å². The van der Waals surface area contributed by atoms with Crippen LogP contribution in [0, 0.1) is 11.3 Å². The second-order valence-electron chi connectivity index (χ2n) is 5.99. The molecule has 0 aliphatic heterocycles. The van der Waals surface area contributed by atoms with E-state index in [0.29, 0.717) is 11.7 Å². The minimum absolute atomic E-state index is 0.410. The molecule has 1 saturated carbocycles. The molecule has 2 heterocycles. The van der Waals surface area contributed by atoms with Crippen LogP contribution in [0.15, 0.2) is 42.7 Å². The minimum Gasteiger partial charge on any atom is -0.366 e. The molecule has 118 valence electrons. The largest absolute Gasteiger partial charge is 0.366 e. The molecule has 0 radical (unpaired) electrons. The first-order chi connectivity index (χ1) is 11.8. The summed E-state index contributed by atoms with van der Waals surface area (Å²) < 4.78 is 0. The normalized spacial score (nSPS) is 13.7. The van der Waals surface area contributed by atoms with E-state index in [4.69, 9.17) is 0 Å². The monoisotopic (exact) mass is 315 g/mol. The van der Waals surface area contributed by atoms with Crippen LogP contribution in [0.3, 0.4) is 0 Å². The van der Waals surface area contributed by atoms with Crippen molar-refractivity contribution in [1.82, 2.24) is 15.2 Å². The summed E-state index contributed by atoms with van der Waals surface area (Å²) in [6, 6.07) is 12.8.